The second-order valence-corrected chi connectivity index (χ2v) is 21.6. The number of pyridine rings is 4. The molecule has 1 aromatic carbocycles. The molecule has 4 atom stereocenters. The van der Waals surface area contributed by atoms with Crippen molar-refractivity contribution >= 4 is 0 Å². The van der Waals surface area contributed by atoms with Crippen molar-refractivity contribution in [2.45, 2.75) is 153 Å². The normalized spacial score (nSPS) is 19.0. The first-order chi connectivity index (χ1) is 36.3. The molecular weight excluding hydrogens is 1220 g/mol. The van der Waals surface area contributed by atoms with Gasteiger partial charge >= 0.3 is 0 Å². The number of benzene rings is 1. The quantitative estimate of drug-likeness (QED) is 0.0610. The predicted octanol–water partition coefficient (Wildman–Crippen LogP) is -2.75. The van der Waals surface area contributed by atoms with E-state index in [-0.39, 0.29) is 67.9 Å². The van der Waals surface area contributed by atoms with Gasteiger partial charge in [-0.1, -0.05) is 47.4 Å². The summed E-state index contributed by atoms with van der Waals surface area (Å²) in [5.41, 5.74) is 9.45. The van der Waals surface area contributed by atoms with E-state index in [1.54, 1.807) is 0 Å². The fraction of sp³-hybridized carbons (Fsp3) is 0.485. The summed E-state index contributed by atoms with van der Waals surface area (Å²) < 4.78 is 9.38. The molecule has 414 valence electrons. The summed E-state index contributed by atoms with van der Waals surface area (Å²) in [7, 11) is 9.00. The monoisotopic (exact) mass is 1300 g/mol. The minimum Gasteiger partial charge on any atom is -1.00 e. The number of aryl methyl sites for hydroxylation is 4. The summed E-state index contributed by atoms with van der Waals surface area (Å²) in [4.78, 5) is 9.94. The van der Waals surface area contributed by atoms with E-state index >= 15 is 0 Å². The van der Waals surface area contributed by atoms with Crippen molar-refractivity contribution in [3.05, 3.63) is 155 Å². The molecule has 5 aromatic rings. The van der Waals surface area contributed by atoms with Crippen LogP contribution in [-0.4, -0.2) is 74.0 Å². The van der Waals surface area contributed by atoms with Crippen molar-refractivity contribution < 1.29 is 86.2 Å². The maximum absolute atomic E-state index is 3.60. The zero-order valence-corrected chi connectivity index (χ0v) is 53.1. The van der Waals surface area contributed by atoms with Gasteiger partial charge < -0.3 is 67.9 Å². The molecule has 0 bridgehead atoms. The minimum atomic E-state index is 0. The van der Waals surface area contributed by atoms with Crippen LogP contribution < -0.4 is 86.2 Å². The van der Waals surface area contributed by atoms with Crippen LogP contribution >= 0.6 is 0 Å². The van der Waals surface area contributed by atoms with Crippen molar-refractivity contribution in [3.63, 3.8) is 0 Å². The smallest absolute Gasteiger partial charge is 0.173 e. The highest BCUT2D eigenvalue weighted by molar-refractivity contribution is 5.61. The van der Waals surface area contributed by atoms with Gasteiger partial charge in [0.15, 0.2) is 49.6 Å². The number of rotatable bonds is 16. The number of likely N-dealkylation sites (tertiary alicyclic amines) is 4. The van der Waals surface area contributed by atoms with Gasteiger partial charge in [0.2, 0.25) is 0 Å². The number of nitrogens with zero attached hydrogens (tertiary/aromatic N) is 8. The predicted molar refractivity (Wildman–Crippen MR) is 296 cm³/mol. The Hall–Kier alpha value is -4.18. The summed E-state index contributed by atoms with van der Waals surface area (Å²) in [5.74, 6) is 28.7. The maximum Gasteiger partial charge on any atom is 0.173 e. The summed E-state index contributed by atoms with van der Waals surface area (Å²) in [6.07, 6.45) is 35.3. The lowest BCUT2D eigenvalue weighted by atomic mass is 9.98. The van der Waals surface area contributed by atoms with Crippen LogP contribution in [0.4, 0.5) is 0 Å². The Labute approximate surface area is 511 Å². The van der Waals surface area contributed by atoms with Gasteiger partial charge in [-0.05, 0) is 142 Å². The van der Waals surface area contributed by atoms with Crippen LogP contribution in [0.2, 0.25) is 0 Å². The Morgan fingerprint density at radius 2 is 0.603 bits per heavy atom. The number of hydrogen-bond acceptors (Lipinski definition) is 4. The van der Waals surface area contributed by atoms with E-state index in [1.165, 1.54) is 99.8 Å². The van der Waals surface area contributed by atoms with Gasteiger partial charge in [0.1, 0.15) is 26.2 Å². The first kappa shape index (κ1) is 64.6. The molecule has 4 saturated heterocycles. The van der Waals surface area contributed by atoms with Crippen molar-refractivity contribution in [2.24, 2.45) is 0 Å². The van der Waals surface area contributed by atoms with E-state index in [1.807, 2.05) is 0 Å². The third-order valence-electron chi connectivity index (χ3n) is 16.1. The number of hydrogen-bond donors (Lipinski definition) is 0. The lowest BCUT2D eigenvalue weighted by Crippen LogP contribution is -3.00. The van der Waals surface area contributed by atoms with Gasteiger partial charge in [-0.3, -0.25) is 19.6 Å². The molecule has 0 spiro atoms. The Balaban J connectivity index is 0.00000280. The maximum atomic E-state index is 3.60. The van der Waals surface area contributed by atoms with Crippen LogP contribution in [0.1, 0.15) is 171 Å². The SMILES string of the molecule is CN1CCCC1c1ccc[n+](CCCC#Cc2cc(C#CCCC[n+]3cccc(C4CCCN4C)c3)c(C#CCCC[n+]3cccc(C4CCCN4C)c3)cc2C#CCCC[n+]2cccc(C3CCCN3C)c2)c1.[Br-].[Br-].[Br-].[Br-]. The van der Waals surface area contributed by atoms with Crippen molar-refractivity contribution in [3.8, 4) is 47.4 Å². The molecule has 9 rings (SSSR count). The zero-order valence-electron chi connectivity index (χ0n) is 46.8. The van der Waals surface area contributed by atoms with Gasteiger partial charge in [-0.2, -0.15) is 0 Å². The molecule has 8 nitrogen and oxygen atoms in total. The largest absolute Gasteiger partial charge is 1.00 e. The van der Waals surface area contributed by atoms with Crippen LogP contribution in [0.3, 0.4) is 0 Å². The zero-order chi connectivity index (χ0) is 50.9. The molecule has 0 radical (unpaired) electrons. The van der Waals surface area contributed by atoms with E-state index in [0.717, 1.165) is 99.8 Å². The van der Waals surface area contributed by atoms with E-state index in [4.69, 9.17) is 0 Å². The third-order valence-corrected chi connectivity index (χ3v) is 16.1. The molecule has 4 aliphatic heterocycles. The standard InChI is InChI=1S/C66H82N8.4BrH/c1-67-37-21-33-63(67)59-29-17-45-71(51-59)41-13-5-9-25-55-49-57(27-11-7-15-43-73-47-19-31-61(53-73)65-35-23-39-69(65)3)58(28-12-8-16-44-74-48-20-32-62(54-74)66-36-24-40-70(66)4)50-56(55)26-10-6-14-42-72-46-18-30-60(52-72)64-34-22-38-68(64)2;;;;/h17-20,29-32,45-54,63-66H,5-8,13-16,21-24,33-44H2,1-4H3;4*1H/q+4;;;;/p-4. The Kier molecular flexibility index (Phi) is 27.8. The Morgan fingerprint density at radius 1 is 0.372 bits per heavy atom. The van der Waals surface area contributed by atoms with Crippen molar-refractivity contribution in [2.75, 3.05) is 54.4 Å². The molecule has 4 unspecified atom stereocenters. The number of halogens is 4. The van der Waals surface area contributed by atoms with Crippen LogP contribution in [-0.2, 0) is 26.2 Å². The second kappa shape index (κ2) is 33.5. The molecule has 78 heavy (non-hydrogen) atoms. The first-order valence-corrected chi connectivity index (χ1v) is 28.2. The fourth-order valence-electron chi connectivity index (χ4n) is 11.9. The third kappa shape index (κ3) is 18.4. The molecule has 8 heterocycles. The van der Waals surface area contributed by atoms with E-state index in [0.29, 0.717) is 24.2 Å². The molecule has 0 N–H and O–H groups in total. The van der Waals surface area contributed by atoms with Crippen LogP contribution in [0.5, 0.6) is 0 Å². The summed E-state index contributed by atoms with van der Waals surface area (Å²) in [5, 5.41) is 0. The summed E-state index contributed by atoms with van der Waals surface area (Å²) in [6, 6.07) is 24.4. The first-order valence-electron chi connectivity index (χ1n) is 28.2. The van der Waals surface area contributed by atoms with E-state index in [2.05, 4.69) is 224 Å². The average Bonchev–Trinajstić information content (AvgIpc) is 4.27. The van der Waals surface area contributed by atoms with Crippen molar-refractivity contribution in [1.29, 1.82) is 0 Å². The topological polar surface area (TPSA) is 28.5 Å². The molecule has 4 fully saturated rings. The van der Waals surface area contributed by atoms with Crippen LogP contribution in [0, 0.1) is 47.4 Å². The van der Waals surface area contributed by atoms with E-state index < -0.39 is 0 Å². The van der Waals surface area contributed by atoms with E-state index in [9.17, 15) is 0 Å². The fourth-order valence-corrected chi connectivity index (χ4v) is 11.9. The van der Waals surface area contributed by atoms with Gasteiger partial charge in [0, 0.05) is 144 Å². The minimum absolute atomic E-state index is 0. The highest BCUT2D eigenvalue weighted by Gasteiger charge is 2.27. The van der Waals surface area contributed by atoms with Gasteiger partial charge in [0.05, 0.1) is 0 Å². The summed E-state index contributed by atoms with van der Waals surface area (Å²) >= 11 is 0. The lowest BCUT2D eigenvalue weighted by molar-refractivity contribution is -0.697. The van der Waals surface area contributed by atoms with Gasteiger partial charge in [-0.25, -0.2) is 18.3 Å². The van der Waals surface area contributed by atoms with Crippen molar-refractivity contribution in [1.82, 2.24) is 19.6 Å². The van der Waals surface area contributed by atoms with Crippen LogP contribution in [0.25, 0.3) is 0 Å². The molecular formula is C66H82Br4N8. The summed E-state index contributed by atoms with van der Waals surface area (Å²) in [6.45, 7) is 8.47. The lowest BCUT2D eigenvalue weighted by Gasteiger charge is -2.18. The highest BCUT2D eigenvalue weighted by atomic mass is 79.9. The Bertz CT molecular complexity index is 2560. The second-order valence-electron chi connectivity index (χ2n) is 21.6. The highest BCUT2D eigenvalue weighted by Crippen LogP contribution is 2.32. The Morgan fingerprint density at radius 3 is 0.808 bits per heavy atom. The molecule has 0 saturated carbocycles. The molecule has 0 aliphatic carbocycles. The number of aromatic nitrogens is 4. The molecule has 0 amide bonds. The molecule has 4 aliphatic rings. The molecule has 12 heteroatoms. The molecule has 4 aromatic heterocycles. The number of unbranched alkanes of at least 4 members (excludes halogenated alkanes) is 4. The van der Waals surface area contributed by atoms with Gasteiger partial charge in [-0.15, -0.1) is 0 Å². The van der Waals surface area contributed by atoms with Crippen LogP contribution in [0.15, 0.2) is 110 Å². The van der Waals surface area contributed by atoms with Gasteiger partial charge in [0.25, 0.3) is 0 Å². The average molecular weight is 1310 g/mol.